The molecule has 132 valence electrons. The number of hydrogen-bond donors (Lipinski definition) is 2. The van der Waals surface area contributed by atoms with Gasteiger partial charge < -0.3 is 20.1 Å². The van der Waals surface area contributed by atoms with Crippen LogP contribution in [0, 0.1) is 6.92 Å². The van der Waals surface area contributed by atoms with E-state index < -0.39 is 6.04 Å². The second-order valence-corrected chi connectivity index (χ2v) is 6.29. The Morgan fingerprint density at radius 3 is 2.32 bits per heavy atom. The zero-order valence-electron chi connectivity index (χ0n) is 14.8. The average molecular weight is 340 g/mol. The Morgan fingerprint density at radius 2 is 1.72 bits per heavy atom. The first kappa shape index (κ1) is 17.1. The first-order valence-electron chi connectivity index (χ1n) is 8.47. The fraction of sp³-hybridized carbons (Fsp3) is 0.350. The molecule has 1 atom stereocenters. The molecule has 0 aliphatic heterocycles. The number of benzene rings is 2. The van der Waals surface area contributed by atoms with Crippen LogP contribution in [0.2, 0.25) is 0 Å². The topological polar surface area (TPSA) is 59.6 Å². The maximum absolute atomic E-state index is 12.8. The van der Waals surface area contributed by atoms with E-state index in [1.54, 1.807) is 14.2 Å². The predicted octanol–water partition coefficient (Wildman–Crippen LogP) is 3.44. The van der Waals surface area contributed by atoms with Gasteiger partial charge in [0.05, 0.1) is 14.2 Å². The molecule has 5 heteroatoms. The van der Waals surface area contributed by atoms with Crippen molar-refractivity contribution in [2.75, 3.05) is 19.5 Å². The van der Waals surface area contributed by atoms with Gasteiger partial charge in [-0.3, -0.25) is 4.79 Å². The van der Waals surface area contributed by atoms with Gasteiger partial charge in [-0.15, -0.1) is 0 Å². The molecule has 2 aromatic rings. The number of nitrogens with one attached hydrogen (secondary N) is 2. The van der Waals surface area contributed by atoms with Crippen molar-refractivity contribution in [1.29, 1.82) is 0 Å². The van der Waals surface area contributed by atoms with Gasteiger partial charge in [0, 0.05) is 17.8 Å². The van der Waals surface area contributed by atoms with E-state index in [-0.39, 0.29) is 5.91 Å². The highest BCUT2D eigenvalue weighted by Gasteiger charge is 2.28. The highest BCUT2D eigenvalue weighted by atomic mass is 16.5. The van der Waals surface area contributed by atoms with Crippen LogP contribution < -0.4 is 20.1 Å². The number of methoxy groups -OCH3 is 2. The molecule has 0 heterocycles. The Labute approximate surface area is 148 Å². The van der Waals surface area contributed by atoms with Crippen molar-refractivity contribution in [2.24, 2.45) is 0 Å². The van der Waals surface area contributed by atoms with Crippen LogP contribution in [0.5, 0.6) is 11.5 Å². The largest absolute Gasteiger partial charge is 0.493 e. The van der Waals surface area contributed by atoms with E-state index in [0.29, 0.717) is 17.5 Å². The number of anilines is 1. The SMILES string of the molecule is COc1cc(C)c(N[C@@H](C(=O)NC2CC2)c2ccccc2)cc1OC. The van der Waals surface area contributed by atoms with Gasteiger partial charge in [0.25, 0.3) is 0 Å². The number of ether oxygens (including phenoxy) is 2. The monoisotopic (exact) mass is 340 g/mol. The minimum Gasteiger partial charge on any atom is -0.493 e. The Balaban J connectivity index is 1.90. The lowest BCUT2D eigenvalue weighted by Crippen LogP contribution is -2.35. The summed E-state index contributed by atoms with van der Waals surface area (Å²) in [5.74, 6) is 1.29. The summed E-state index contributed by atoms with van der Waals surface area (Å²) in [7, 11) is 3.21. The Hall–Kier alpha value is -2.69. The van der Waals surface area contributed by atoms with Crippen molar-refractivity contribution in [3.63, 3.8) is 0 Å². The smallest absolute Gasteiger partial charge is 0.247 e. The summed E-state index contributed by atoms with van der Waals surface area (Å²) in [5.41, 5.74) is 2.75. The van der Waals surface area contributed by atoms with Gasteiger partial charge in [-0.1, -0.05) is 30.3 Å². The molecule has 1 saturated carbocycles. The van der Waals surface area contributed by atoms with Crippen LogP contribution in [0.25, 0.3) is 0 Å². The Morgan fingerprint density at radius 1 is 1.08 bits per heavy atom. The van der Waals surface area contributed by atoms with E-state index in [4.69, 9.17) is 9.47 Å². The van der Waals surface area contributed by atoms with E-state index in [0.717, 1.165) is 29.7 Å². The summed E-state index contributed by atoms with van der Waals surface area (Å²) in [6, 6.07) is 13.4. The molecule has 1 aliphatic rings. The summed E-state index contributed by atoms with van der Waals surface area (Å²) in [4.78, 5) is 12.8. The van der Waals surface area contributed by atoms with Gasteiger partial charge in [0.15, 0.2) is 11.5 Å². The molecule has 0 unspecified atom stereocenters. The summed E-state index contributed by atoms with van der Waals surface area (Å²) in [5, 5.41) is 6.46. The normalized spacial score (nSPS) is 14.5. The number of amides is 1. The van der Waals surface area contributed by atoms with E-state index in [9.17, 15) is 4.79 Å². The number of hydrogen-bond acceptors (Lipinski definition) is 4. The maximum Gasteiger partial charge on any atom is 0.247 e. The van der Waals surface area contributed by atoms with Crippen molar-refractivity contribution >= 4 is 11.6 Å². The third kappa shape index (κ3) is 4.05. The summed E-state index contributed by atoms with van der Waals surface area (Å²) < 4.78 is 10.7. The molecule has 0 bridgehead atoms. The molecule has 2 N–H and O–H groups in total. The number of rotatable bonds is 7. The minimum absolute atomic E-state index is 0.0112. The molecular formula is C20H24N2O3. The molecule has 1 amide bonds. The lowest BCUT2D eigenvalue weighted by Gasteiger charge is -2.22. The van der Waals surface area contributed by atoms with Crippen LogP contribution in [0.1, 0.15) is 30.0 Å². The first-order valence-corrected chi connectivity index (χ1v) is 8.47. The van der Waals surface area contributed by atoms with Gasteiger partial charge in [-0.05, 0) is 37.0 Å². The van der Waals surface area contributed by atoms with Crippen molar-refractivity contribution in [1.82, 2.24) is 5.32 Å². The third-order valence-electron chi connectivity index (χ3n) is 4.35. The number of carbonyl (C=O) groups excluding carboxylic acids is 1. The lowest BCUT2D eigenvalue weighted by atomic mass is 10.0. The zero-order valence-corrected chi connectivity index (χ0v) is 14.8. The second-order valence-electron chi connectivity index (χ2n) is 6.29. The highest BCUT2D eigenvalue weighted by Crippen LogP contribution is 2.34. The van der Waals surface area contributed by atoms with Crippen molar-refractivity contribution in [3.8, 4) is 11.5 Å². The summed E-state index contributed by atoms with van der Waals surface area (Å²) in [6.07, 6.45) is 2.12. The molecule has 0 saturated heterocycles. The molecule has 1 aliphatic carbocycles. The van der Waals surface area contributed by atoms with Gasteiger partial charge in [0.2, 0.25) is 5.91 Å². The third-order valence-corrected chi connectivity index (χ3v) is 4.35. The lowest BCUT2D eigenvalue weighted by molar-refractivity contribution is -0.122. The molecule has 1 fully saturated rings. The molecule has 2 aromatic carbocycles. The van der Waals surface area contributed by atoms with Crippen LogP contribution in [0.4, 0.5) is 5.69 Å². The standard InChI is InChI=1S/C20H24N2O3/c1-13-11-17(24-2)18(25-3)12-16(13)22-19(14-7-5-4-6-8-14)20(23)21-15-9-10-15/h4-8,11-12,15,19,22H,9-10H2,1-3H3,(H,21,23)/t19-/m1/s1. The van der Waals surface area contributed by atoms with Crippen LogP contribution in [-0.2, 0) is 4.79 Å². The molecule has 5 nitrogen and oxygen atoms in total. The van der Waals surface area contributed by atoms with Crippen molar-refractivity contribution in [3.05, 3.63) is 53.6 Å². The zero-order chi connectivity index (χ0) is 17.8. The van der Waals surface area contributed by atoms with E-state index in [2.05, 4.69) is 10.6 Å². The van der Waals surface area contributed by atoms with Crippen molar-refractivity contribution in [2.45, 2.75) is 31.8 Å². The van der Waals surface area contributed by atoms with Gasteiger partial charge in [-0.25, -0.2) is 0 Å². The van der Waals surface area contributed by atoms with Crippen LogP contribution >= 0.6 is 0 Å². The first-order chi connectivity index (χ1) is 12.1. The van der Waals surface area contributed by atoms with Crippen LogP contribution in [-0.4, -0.2) is 26.2 Å². The van der Waals surface area contributed by atoms with E-state index in [1.807, 2.05) is 49.4 Å². The molecule has 0 radical (unpaired) electrons. The predicted molar refractivity (Wildman–Crippen MR) is 98.3 cm³/mol. The fourth-order valence-electron chi connectivity index (χ4n) is 2.75. The van der Waals surface area contributed by atoms with Gasteiger partial charge in [-0.2, -0.15) is 0 Å². The van der Waals surface area contributed by atoms with Crippen LogP contribution in [0.3, 0.4) is 0 Å². The van der Waals surface area contributed by atoms with Gasteiger partial charge in [0.1, 0.15) is 6.04 Å². The van der Waals surface area contributed by atoms with Gasteiger partial charge >= 0.3 is 0 Å². The van der Waals surface area contributed by atoms with E-state index >= 15 is 0 Å². The Bertz CT molecular complexity index is 742. The van der Waals surface area contributed by atoms with Crippen LogP contribution in [0.15, 0.2) is 42.5 Å². The fourth-order valence-corrected chi connectivity index (χ4v) is 2.75. The Kier molecular flexibility index (Phi) is 5.12. The number of carbonyl (C=O) groups is 1. The minimum atomic E-state index is -0.460. The number of aryl methyl sites for hydroxylation is 1. The summed E-state index contributed by atoms with van der Waals surface area (Å²) >= 11 is 0. The molecule has 0 aromatic heterocycles. The molecular weight excluding hydrogens is 316 g/mol. The molecule has 25 heavy (non-hydrogen) atoms. The highest BCUT2D eigenvalue weighted by molar-refractivity contribution is 5.87. The van der Waals surface area contributed by atoms with Crippen molar-refractivity contribution < 1.29 is 14.3 Å². The second kappa shape index (κ2) is 7.47. The maximum atomic E-state index is 12.8. The average Bonchev–Trinajstić information content (AvgIpc) is 3.44. The molecule has 0 spiro atoms. The van der Waals surface area contributed by atoms with E-state index in [1.165, 1.54) is 0 Å². The quantitative estimate of drug-likeness (QED) is 0.810. The molecule has 3 rings (SSSR count). The summed E-state index contributed by atoms with van der Waals surface area (Å²) in [6.45, 7) is 1.98.